The van der Waals surface area contributed by atoms with Gasteiger partial charge in [0, 0.05) is 13.8 Å². The lowest BCUT2D eigenvalue weighted by atomic mass is 10.4. The minimum absolute atomic E-state index is 0.681. The third kappa shape index (κ3) is 2.61. The molecule has 64 valence electrons. The first-order valence-electron chi connectivity index (χ1n) is 2.87. The summed E-state index contributed by atoms with van der Waals surface area (Å²) in [5.74, 6) is 0. The predicted molar refractivity (Wildman–Crippen MR) is 37.1 cm³/mol. The number of allylic oxidation sites excluding steroid dienone is 2. The van der Waals surface area contributed by atoms with Gasteiger partial charge in [-0.2, -0.15) is 18.3 Å². The van der Waals surface area contributed by atoms with Gasteiger partial charge in [-0.25, -0.2) is 0 Å². The highest BCUT2D eigenvalue weighted by Gasteiger charge is 2.35. The summed E-state index contributed by atoms with van der Waals surface area (Å²) in [6.45, 7) is 4.27. The highest BCUT2D eigenvalue weighted by atomic mass is 19.4. The fourth-order valence-electron chi connectivity index (χ4n) is 0.610. The number of hydrazone groups is 1. The van der Waals surface area contributed by atoms with E-state index >= 15 is 0 Å². The molecule has 0 aromatic rings. The summed E-state index contributed by atoms with van der Waals surface area (Å²) < 4.78 is 35.9. The fraction of sp³-hybridized carbons (Fsp3) is 0.500. The summed E-state index contributed by atoms with van der Waals surface area (Å²) in [6.07, 6.45) is -3.42. The van der Waals surface area contributed by atoms with Crippen LogP contribution in [0.15, 0.2) is 16.9 Å². The molecule has 0 N–H and O–H groups in total. The van der Waals surface area contributed by atoms with Crippen LogP contribution in [-0.2, 0) is 0 Å². The van der Waals surface area contributed by atoms with Crippen molar-refractivity contribution in [1.82, 2.24) is 5.01 Å². The average Bonchev–Trinajstić information content (AvgIpc) is 1.86. The molecule has 0 rings (SSSR count). The second-order valence-electron chi connectivity index (χ2n) is 1.84. The Bertz CT molecular complexity index is 171. The van der Waals surface area contributed by atoms with E-state index in [1.807, 2.05) is 0 Å². The molecule has 2 nitrogen and oxygen atoms in total. The Hall–Kier alpha value is -1.00. The normalized spacial score (nSPS) is 13.0. The van der Waals surface area contributed by atoms with Crippen molar-refractivity contribution >= 4 is 6.72 Å². The molecule has 0 spiro atoms. The van der Waals surface area contributed by atoms with E-state index in [4.69, 9.17) is 0 Å². The smallest absolute Gasteiger partial charge is 0.264 e. The number of halogens is 3. The van der Waals surface area contributed by atoms with Crippen LogP contribution in [0.5, 0.6) is 0 Å². The Morgan fingerprint density at radius 3 is 2.09 bits per heavy atom. The zero-order valence-electron chi connectivity index (χ0n) is 6.31. The minimum atomic E-state index is -4.36. The summed E-state index contributed by atoms with van der Waals surface area (Å²) in [7, 11) is 1.19. The maximum Gasteiger partial charge on any atom is 0.432 e. The number of rotatable bonds is 2. The molecule has 0 fully saturated rings. The molecule has 0 heterocycles. The number of hydrogen-bond donors (Lipinski definition) is 0. The van der Waals surface area contributed by atoms with Gasteiger partial charge < -0.3 is 0 Å². The zero-order chi connectivity index (χ0) is 9.07. The zero-order valence-corrected chi connectivity index (χ0v) is 6.31. The van der Waals surface area contributed by atoms with Crippen molar-refractivity contribution in [2.24, 2.45) is 5.10 Å². The SMILES string of the molecule is C=NN(C)/C(=C\C)C(F)(F)F. The Balaban J connectivity index is 4.57. The largest absolute Gasteiger partial charge is 0.432 e. The van der Waals surface area contributed by atoms with Crippen molar-refractivity contribution < 1.29 is 13.2 Å². The molecule has 0 atom stereocenters. The molecular formula is C6H9F3N2. The van der Waals surface area contributed by atoms with Crippen LogP contribution >= 0.6 is 0 Å². The number of nitrogens with zero attached hydrogens (tertiary/aromatic N) is 2. The first kappa shape index (κ1) is 10.0. The van der Waals surface area contributed by atoms with Crippen LogP contribution < -0.4 is 0 Å². The van der Waals surface area contributed by atoms with Gasteiger partial charge in [0.2, 0.25) is 0 Å². The van der Waals surface area contributed by atoms with Gasteiger partial charge in [-0.1, -0.05) is 6.08 Å². The monoisotopic (exact) mass is 166 g/mol. The highest BCUT2D eigenvalue weighted by molar-refractivity contribution is 5.23. The maximum absolute atomic E-state index is 12.0. The first-order valence-corrected chi connectivity index (χ1v) is 2.87. The second-order valence-corrected chi connectivity index (χ2v) is 1.84. The van der Waals surface area contributed by atoms with Crippen LogP contribution in [0.1, 0.15) is 6.92 Å². The van der Waals surface area contributed by atoms with Gasteiger partial charge in [0.25, 0.3) is 0 Å². The molecule has 0 bridgehead atoms. The van der Waals surface area contributed by atoms with Crippen LogP contribution in [0.4, 0.5) is 13.2 Å². The molecule has 0 saturated heterocycles. The predicted octanol–water partition coefficient (Wildman–Crippen LogP) is 2.00. The van der Waals surface area contributed by atoms with E-state index in [-0.39, 0.29) is 0 Å². The van der Waals surface area contributed by atoms with Crippen LogP contribution in [-0.4, -0.2) is 25.0 Å². The van der Waals surface area contributed by atoms with Crippen molar-refractivity contribution in [2.45, 2.75) is 13.1 Å². The Kier molecular flexibility index (Phi) is 3.10. The molecule has 0 aliphatic heterocycles. The van der Waals surface area contributed by atoms with Crippen molar-refractivity contribution in [1.29, 1.82) is 0 Å². The van der Waals surface area contributed by atoms with E-state index in [2.05, 4.69) is 11.8 Å². The van der Waals surface area contributed by atoms with Gasteiger partial charge in [0.15, 0.2) is 0 Å². The molecule has 0 aromatic heterocycles. The van der Waals surface area contributed by atoms with E-state index in [0.29, 0.717) is 5.01 Å². The van der Waals surface area contributed by atoms with Gasteiger partial charge in [0.1, 0.15) is 5.70 Å². The van der Waals surface area contributed by atoms with Crippen molar-refractivity contribution in [3.05, 3.63) is 11.8 Å². The summed E-state index contributed by atoms with van der Waals surface area (Å²) in [4.78, 5) is 0. The summed E-state index contributed by atoms with van der Waals surface area (Å²) in [6, 6.07) is 0. The molecule has 0 radical (unpaired) electrons. The molecule has 0 amide bonds. The highest BCUT2D eigenvalue weighted by Crippen LogP contribution is 2.27. The number of alkyl halides is 3. The maximum atomic E-state index is 12.0. The van der Waals surface area contributed by atoms with Crippen molar-refractivity contribution in [2.75, 3.05) is 7.05 Å². The third-order valence-corrected chi connectivity index (χ3v) is 1.12. The van der Waals surface area contributed by atoms with Gasteiger partial charge >= 0.3 is 6.18 Å². The molecule has 0 saturated carbocycles. The van der Waals surface area contributed by atoms with Crippen LogP contribution in [0.25, 0.3) is 0 Å². The minimum Gasteiger partial charge on any atom is -0.264 e. The summed E-state index contributed by atoms with van der Waals surface area (Å²) in [5.41, 5.74) is -0.812. The lowest BCUT2D eigenvalue weighted by Gasteiger charge is -2.18. The van der Waals surface area contributed by atoms with E-state index in [1.54, 1.807) is 0 Å². The van der Waals surface area contributed by atoms with Gasteiger partial charge in [-0.15, -0.1) is 0 Å². The molecule has 5 heteroatoms. The molecule has 0 aliphatic rings. The number of hydrogen-bond acceptors (Lipinski definition) is 2. The van der Waals surface area contributed by atoms with E-state index < -0.39 is 11.9 Å². The van der Waals surface area contributed by atoms with Gasteiger partial charge in [0.05, 0.1) is 0 Å². The molecular weight excluding hydrogens is 157 g/mol. The second kappa shape index (κ2) is 3.41. The lowest BCUT2D eigenvalue weighted by molar-refractivity contribution is -0.109. The van der Waals surface area contributed by atoms with E-state index in [9.17, 15) is 13.2 Å². The topological polar surface area (TPSA) is 15.6 Å². The Labute approximate surface area is 63.0 Å². The Morgan fingerprint density at radius 1 is 1.55 bits per heavy atom. The van der Waals surface area contributed by atoms with E-state index in [0.717, 1.165) is 6.08 Å². The average molecular weight is 166 g/mol. The summed E-state index contributed by atoms with van der Waals surface area (Å²) in [5, 5.41) is 3.80. The Morgan fingerprint density at radius 2 is 2.00 bits per heavy atom. The van der Waals surface area contributed by atoms with Gasteiger partial charge in [-0.3, -0.25) is 5.01 Å². The fourth-order valence-corrected chi connectivity index (χ4v) is 0.610. The standard InChI is InChI=1S/C6H9F3N2/c1-4-5(6(7,8)9)11(3)10-2/h4H,2H2,1,3H3/b5-4-. The van der Waals surface area contributed by atoms with Crippen LogP contribution in [0.2, 0.25) is 0 Å². The van der Waals surface area contributed by atoms with Gasteiger partial charge in [-0.05, 0) is 6.92 Å². The summed E-state index contributed by atoms with van der Waals surface area (Å²) >= 11 is 0. The van der Waals surface area contributed by atoms with Crippen molar-refractivity contribution in [3.8, 4) is 0 Å². The van der Waals surface area contributed by atoms with Crippen LogP contribution in [0.3, 0.4) is 0 Å². The third-order valence-electron chi connectivity index (χ3n) is 1.12. The molecule has 0 unspecified atom stereocenters. The van der Waals surface area contributed by atoms with Crippen LogP contribution in [0, 0.1) is 0 Å². The molecule has 0 aliphatic carbocycles. The van der Waals surface area contributed by atoms with E-state index in [1.165, 1.54) is 14.0 Å². The molecule has 11 heavy (non-hydrogen) atoms. The van der Waals surface area contributed by atoms with Crippen molar-refractivity contribution in [3.63, 3.8) is 0 Å². The first-order chi connectivity index (χ1) is 4.93. The molecule has 0 aromatic carbocycles. The lowest BCUT2D eigenvalue weighted by Crippen LogP contribution is -2.24. The quantitative estimate of drug-likeness (QED) is 0.452.